The van der Waals surface area contributed by atoms with E-state index in [-0.39, 0.29) is 19.3 Å². The molecule has 642 valence electrons. The largest absolute Gasteiger partial charge is 0.472 e. The molecule has 0 bridgehead atoms. The van der Waals surface area contributed by atoms with E-state index in [9.17, 15) is 43.5 Å². The summed E-state index contributed by atoms with van der Waals surface area (Å²) >= 11 is 0. The third-order valence-electron chi connectivity index (χ3n) is 17.8. The van der Waals surface area contributed by atoms with Gasteiger partial charge in [0.05, 0.1) is 26.4 Å². The summed E-state index contributed by atoms with van der Waals surface area (Å²) in [6.45, 7) is 2.40. The summed E-state index contributed by atoms with van der Waals surface area (Å²) in [5, 5.41) is 20.7. The number of phosphoric ester groups is 2. The molecule has 0 amide bonds. The topological polar surface area (TPSA) is 231 Å². The van der Waals surface area contributed by atoms with Crippen LogP contribution < -0.4 is 0 Å². The van der Waals surface area contributed by atoms with Gasteiger partial charge in [-0.2, -0.15) is 0 Å². The minimum Gasteiger partial charge on any atom is -0.463 e. The van der Waals surface area contributed by atoms with Crippen molar-refractivity contribution in [2.45, 2.75) is 347 Å². The first kappa shape index (κ1) is 107. The van der Waals surface area contributed by atoms with Gasteiger partial charge in [-0.1, -0.05) is 337 Å². The van der Waals surface area contributed by atoms with Crippen LogP contribution in [0.25, 0.3) is 0 Å². The zero-order chi connectivity index (χ0) is 82.2. The number of carbonyl (C=O) groups excluding carboxylic acids is 3. The molecule has 0 aliphatic heterocycles. The molecule has 0 heterocycles. The van der Waals surface area contributed by atoms with Gasteiger partial charge in [-0.25, -0.2) is 9.13 Å². The summed E-state index contributed by atoms with van der Waals surface area (Å²) in [5.41, 5.74) is 0. The van der Waals surface area contributed by atoms with Gasteiger partial charge in [0.25, 0.3) is 0 Å². The average Bonchev–Trinajstić information content (AvgIpc) is 0.897. The van der Waals surface area contributed by atoms with E-state index >= 15 is 0 Å². The summed E-state index contributed by atoms with van der Waals surface area (Å²) in [6, 6.07) is 0. The number of hydrogen-bond donors (Lipinski definition) is 4. The van der Waals surface area contributed by atoms with Gasteiger partial charge in [-0.05, 0) is 167 Å². The molecular formula is C95H156O16P2. The Hall–Kier alpha value is -5.61. The minimum atomic E-state index is -4.95. The van der Waals surface area contributed by atoms with Crippen LogP contribution in [0.5, 0.6) is 0 Å². The Kier molecular flexibility index (Phi) is 81.5. The molecule has 0 saturated heterocycles. The van der Waals surface area contributed by atoms with Crippen molar-refractivity contribution in [1.82, 2.24) is 0 Å². The fraction of sp³-hybridized carbons (Fsp3) is 0.632. The lowest BCUT2D eigenvalue weighted by Crippen LogP contribution is -2.30. The third-order valence-corrected chi connectivity index (χ3v) is 19.7. The van der Waals surface area contributed by atoms with Crippen LogP contribution in [0, 0.1) is 0 Å². The molecule has 0 aromatic rings. The van der Waals surface area contributed by atoms with Gasteiger partial charge >= 0.3 is 33.6 Å². The van der Waals surface area contributed by atoms with Gasteiger partial charge in [0.1, 0.15) is 25.4 Å². The molecule has 0 aromatic carbocycles. The summed E-state index contributed by atoms with van der Waals surface area (Å²) in [6.07, 6.45) is 113. The molecule has 0 spiro atoms. The molecule has 113 heavy (non-hydrogen) atoms. The second-order valence-corrected chi connectivity index (χ2v) is 31.5. The van der Waals surface area contributed by atoms with Crippen molar-refractivity contribution in [1.29, 1.82) is 0 Å². The Bertz CT molecular complexity index is 2830. The Morgan fingerprint density at radius 3 is 0.743 bits per heavy atom. The number of aliphatic hydroxyl groups excluding tert-OH is 2. The molecule has 16 nitrogen and oxygen atoms in total. The van der Waals surface area contributed by atoms with E-state index in [1.54, 1.807) is 0 Å². The molecule has 0 radical (unpaired) electrons. The lowest BCUT2D eigenvalue weighted by Gasteiger charge is -2.21. The van der Waals surface area contributed by atoms with Crippen molar-refractivity contribution in [2.24, 2.45) is 0 Å². The van der Waals surface area contributed by atoms with Gasteiger partial charge in [0.15, 0.2) is 6.10 Å². The number of allylic oxidation sites excluding steroid dienone is 32. The maximum absolute atomic E-state index is 13.1. The van der Waals surface area contributed by atoms with E-state index in [1.165, 1.54) is 70.6 Å². The van der Waals surface area contributed by atoms with Crippen molar-refractivity contribution in [3.05, 3.63) is 194 Å². The van der Waals surface area contributed by atoms with Gasteiger partial charge in [-0.3, -0.25) is 32.5 Å². The smallest absolute Gasteiger partial charge is 0.463 e. The van der Waals surface area contributed by atoms with Crippen molar-refractivity contribution in [3.63, 3.8) is 0 Å². The molecule has 0 rings (SSSR count). The van der Waals surface area contributed by atoms with Crippen LogP contribution >= 0.6 is 15.6 Å². The average molecular weight is 1620 g/mol. The quantitative estimate of drug-likeness (QED) is 0.0146. The highest BCUT2D eigenvalue weighted by atomic mass is 31.2. The fourth-order valence-corrected chi connectivity index (χ4v) is 12.8. The van der Waals surface area contributed by atoms with Crippen LogP contribution in [-0.2, 0) is 55.8 Å². The first-order chi connectivity index (χ1) is 55.2. The molecule has 0 fully saturated rings. The number of esters is 3. The van der Waals surface area contributed by atoms with E-state index < -0.39 is 91.5 Å². The highest BCUT2D eigenvalue weighted by Gasteiger charge is 2.29. The van der Waals surface area contributed by atoms with Crippen LogP contribution in [-0.4, -0.2) is 95.9 Å². The zero-order valence-electron chi connectivity index (χ0n) is 70.5. The molecule has 4 N–H and O–H groups in total. The Balaban J connectivity index is 4.74. The summed E-state index contributed by atoms with van der Waals surface area (Å²) in [7, 11) is -9.83. The normalized spacial score (nSPS) is 14.8. The van der Waals surface area contributed by atoms with Crippen LogP contribution in [0.4, 0.5) is 0 Å². The maximum atomic E-state index is 13.1. The number of unbranched alkanes of at least 4 members (excludes halogenated alkanes) is 26. The third kappa shape index (κ3) is 87.1. The molecule has 0 saturated carbocycles. The van der Waals surface area contributed by atoms with Gasteiger partial charge < -0.3 is 34.2 Å². The predicted octanol–water partition coefficient (Wildman–Crippen LogP) is 26.7. The molecule has 0 aliphatic rings. The van der Waals surface area contributed by atoms with E-state index in [0.29, 0.717) is 19.3 Å². The van der Waals surface area contributed by atoms with E-state index in [0.717, 1.165) is 199 Å². The number of hydrogen-bond acceptors (Lipinski definition) is 14. The van der Waals surface area contributed by atoms with Crippen molar-refractivity contribution >= 4 is 33.6 Å². The van der Waals surface area contributed by atoms with Crippen LogP contribution in [0.1, 0.15) is 329 Å². The lowest BCUT2D eigenvalue weighted by atomic mass is 10.1. The van der Waals surface area contributed by atoms with E-state index in [1.807, 2.05) is 0 Å². The number of phosphoric acid groups is 2. The Labute approximate surface area is 687 Å². The second kappa shape index (κ2) is 85.8. The van der Waals surface area contributed by atoms with Crippen molar-refractivity contribution in [3.8, 4) is 0 Å². The van der Waals surface area contributed by atoms with Crippen molar-refractivity contribution < 1.29 is 75.8 Å². The highest BCUT2D eigenvalue weighted by Crippen LogP contribution is 2.45. The number of carbonyl (C=O) groups is 3. The molecule has 18 heteroatoms. The van der Waals surface area contributed by atoms with Gasteiger partial charge in [0.2, 0.25) is 0 Å². The van der Waals surface area contributed by atoms with Crippen LogP contribution in [0.2, 0.25) is 0 Å². The summed E-state index contributed by atoms with van der Waals surface area (Å²) in [4.78, 5) is 59.0. The Morgan fingerprint density at radius 2 is 0.469 bits per heavy atom. The second-order valence-electron chi connectivity index (χ2n) is 28.6. The summed E-state index contributed by atoms with van der Waals surface area (Å²) < 4.78 is 61.4. The molecule has 0 aliphatic carbocycles. The van der Waals surface area contributed by atoms with Gasteiger partial charge in [-0.15, -0.1) is 0 Å². The molecular weight excluding hydrogens is 1460 g/mol. The minimum absolute atomic E-state index is 0.0863. The SMILES string of the molecule is CC/C=C\C/C=C\C/C=C\C/C=C\C/C=C\C/C=C\CCCCCCCCCCC(=O)OCC(O)COP(=O)(O)OCC(O)COP(=O)(O)OCC(COC(=O)CCCCCCCC/C=C\C/C=C\C/C=C\C/C=C\C/C=C\C/C=C\CC)OC(=O)CCCCCCCCCCC/C=C\C/C=C\C/C=C\C/C=C\CCCCC. The monoisotopic (exact) mass is 1620 g/mol. The first-order valence-electron chi connectivity index (χ1n) is 43.7. The Morgan fingerprint density at radius 1 is 0.257 bits per heavy atom. The predicted molar refractivity (Wildman–Crippen MR) is 472 cm³/mol. The number of rotatable bonds is 81. The lowest BCUT2D eigenvalue weighted by molar-refractivity contribution is -0.161. The standard InChI is InChI=1S/C95H156O16P2/c1-4-7-10-13-16-19-22-25-28-31-34-37-40-43-44-47-49-51-54-57-60-63-66-69-72-75-78-81-93(98)105-84-90(96)85-107-112(101,102)108-86-91(97)87-109-113(103,104)110-89-92(111-95(100)83-80-77-74-71-68-65-62-59-56-53-50-46-42-39-36-33-30-27-24-21-18-15-12-9-6-3)88-106-94(99)82-79-76-73-70-67-64-61-58-55-52-48-45-41-38-35-32-29-26-23-20-17-14-11-8-5-2/h7-8,10-11,16-21,25-30,34-39,43-46,48-51,55,58,90-92,96-97H,4-6,9,12-15,22-24,31-33,40-42,47,52-54,56-57,59-89H2,1-3H3,(H,101,102)(H,103,104)/b10-7-,11-8-,19-16-,20-17-,21-18-,28-25-,29-26-,30-27-,37-34-,38-35-,39-36-,44-43-,48-45-,50-46-,51-49-,58-55-. The first-order valence-corrected chi connectivity index (χ1v) is 46.7. The molecule has 5 unspecified atom stereocenters. The fourth-order valence-electron chi connectivity index (χ4n) is 11.2. The number of aliphatic hydroxyl groups is 2. The van der Waals surface area contributed by atoms with Crippen LogP contribution in [0.15, 0.2) is 194 Å². The summed E-state index contributed by atoms with van der Waals surface area (Å²) in [5.74, 6) is -1.61. The zero-order valence-corrected chi connectivity index (χ0v) is 72.3. The van der Waals surface area contributed by atoms with Crippen LogP contribution in [0.3, 0.4) is 0 Å². The highest BCUT2D eigenvalue weighted by molar-refractivity contribution is 7.47. The van der Waals surface area contributed by atoms with Gasteiger partial charge in [0, 0.05) is 19.3 Å². The van der Waals surface area contributed by atoms with E-state index in [4.69, 9.17) is 32.3 Å². The number of ether oxygens (including phenoxy) is 3. The van der Waals surface area contributed by atoms with E-state index in [2.05, 4.69) is 215 Å². The molecule has 0 aromatic heterocycles. The van der Waals surface area contributed by atoms with Crippen molar-refractivity contribution in [2.75, 3.05) is 39.6 Å². The maximum Gasteiger partial charge on any atom is 0.472 e. The molecule has 5 atom stereocenters.